The summed E-state index contributed by atoms with van der Waals surface area (Å²) in [5, 5.41) is 16.7. The van der Waals surface area contributed by atoms with Crippen molar-refractivity contribution in [1.29, 1.82) is 5.26 Å². The van der Waals surface area contributed by atoms with E-state index in [1.54, 1.807) is 0 Å². The fourth-order valence-corrected chi connectivity index (χ4v) is 0.692. The summed E-state index contributed by atoms with van der Waals surface area (Å²) in [7, 11) is 1.54. The molecule has 0 aromatic heterocycles. The molecule has 0 aliphatic carbocycles. The Morgan fingerprint density at radius 1 is 2.00 bits per heavy atom. The van der Waals surface area contributed by atoms with Crippen LogP contribution < -0.4 is 0 Å². The molecule has 0 spiro atoms. The summed E-state index contributed by atoms with van der Waals surface area (Å²) in [6.45, 7) is 0.450. The van der Waals surface area contributed by atoms with Crippen molar-refractivity contribution in [3.63, 3.8) is 0 Å². The van der Waals surface area contributed by atoms with E-state index in [0.29, 0.717) is 6.54 Å². The first kappa shape index (κ1) is 6.05. The molecule has 0 aromatic rings. The van der Waals surface area contributed by atoms with E-state index in [0.717, 1.165) is 0 Å². The topological polar surface area (TPSA) is 61.1 Å². The highest BCUT2D eigenvalue weighted by Crippen LogP contribution is 2.26. The smallest absolute Gasteiger partial charge is 0.435 e. The van der Waals surface area contributed by atoms with Crippen LogP contribution in [0, 0.1) is 11.3 Å². The lowest BCUT2D eigenvalue weighted by Gasteiger charge is -2.00. The van der Waals surface area contributed by atoms with Crippen LogP contribution in [0.25, 0.3) is 0 Å². The zero-order valence-corrected chi connectivity index (χ0v) is 5.03. The number of likely N-dealkylation sites (N-methyl/N-ethyl adjacent to an activating group) is 1. The molecule has 4 nitrogen and oxygen atoms in total. The van der Waals surface area contributed by atoms with Crippen molar-refractivity contribution >= 4 is 6.09 Å². The molecule has 1 rings (SSSR count). The third-order valence-corrected chi connectivity index (χ3v) is 1.69. The minimum atomic E-state index is -0.915. The first-order chi connectivity index (χ1) is 4.11. The number of carboxylic acid groups (broad SMARTS) is 1. The predicted molar refractivity (Wildman–Crippen MR) is 28.5 cm³/mol. The summed E-state index contributed by atoms with van der Waals surface area (Å²) >= 11 is 0. The molecular formula is C5H7N2O2+. The quantitative estimate of drug-likeness (QED) is 0.368. The lowest BCUT2D eigenvalue weighted by molar-refractivity contribution is -0.707. The Balaban J connectivity index is 2.65. The minimum absolute atomic E-state index is 0.128. The van der Waals surface area contributed by atoms with E-state index in [9.17, 15) is 4.79 Å². The molecule has 1 saturated heterocycles. The molecule has 0 bridgehead atoms. The Morgan fingerprint density at radius 3 is 2.67 bits per heavy atom. The van der Waals surface area contributed by atoms with Gasteiger partial charge < -0.3 is 5.11 Å². The number of amides is 1. The van der Waals surface area contributed by atoms with Crippen LogP contribution in [0.4, 0.5) is 4.79 Å². The minimum Gasteiger partial charge on any atom is -0.435 e. The third-order valence-electron chi connectivity index (χ3n) is 1.69. The number of hydrogen-bond donors (Lipinski definition) is 1. The van der Waals surface area contributed by atoms with E-state index in [4.69, 9.17) is 10.4 Å². The maximum atomic E-state index is 10.3. The Morgan fingerprint density at radius 2 is 2.56 bits per heavy atom. The summed E-state index contributed by atoms with van der Waals surface area (Å²) in [6.07, 6.45) is -0.915. The molecule has 1 fully saturated rings. The van der Waals surface area contributed by atoms with Gasteiger partial charge >= 0.3 is 6.09 Å². The molecule has 0 radical (unpaired) electrons. The van der Waals surface area contributed by atoms with Crippen LogP contribution in [0.5, 0.6) is 0 Å². The molecule has 1 aliphatic rings. The molecule has 1 heterocycles. The molecular weight excluding hydrogens is 120 g/mol. The zero-order valence-electron chi connectivity index (χ0n) is 5.03. The fourth-order valence-electron chi connectivity index (χ4n) is 0.692. The Labute approximate surface area is 52.5 Å². The van der Waals surface area contributed by atoms with Crippen molar-refractivity contribution in [2.45, 2.75) is 6.04 Å². The van der Waals surface area contributed by atoms with Crippen molar-refractivity contribution in [2.24, 2.45) is 0 Å². The van der Waals surface area contributed by atoms with Crippen molar-refractivity contribution in [1.82, 2.24) is 0 Å². The van der Waals surface area contributed by atoms with Crippen LogP contribution in [-0.4, -0.2) is 35.3 Å². The van der Waals surface area contributed by atoms with Gasteiger partial charge in [0.2, 0.25) is 6.04 Å². The van der Waals surface area contributed by atoms with Gasteiger partial charge in [-0.1, -0.05) is 0 Å². The number of carbonyl (C=O) groups is 1. The van der Waals surface area contributed by atoms with Gasteiger partial charge in [-0.3, -0.25) is 0 Å². The molecule has 48 valence electrons. The van der Waals surface area contributed by atoms with E-state index in [2.05, 4.69) is 0 Å². The van der Waals surface area contributed by atoms with E-state index >= 15 is 0 Å². The van der Waals surface area contributed by atoms with Crippen LogP contribution in [0.2, 0.25) is 0 Å². The molecule has 1 amide bonds. The SMILES string of the molecule is C[N+]1(C(=O)O)CC1C#N. The number of rotatable bonds is 0. The van der Waals surface area contributed by atoms with Crippen LogP contribution in [0.1, 0.15) is 0 Å². The number of nitrogens with zero attached hydrogens (tertiary/aromatic N) is 2. The second-order valence-corrected chi connectivity index (χ2v) is 2.38. The monoisotopic (exact) mass is 127 g/mol. The van der Waals surface area contributed by atoms with Crippen LogP contribution in [-0.2, 0) is 0 Å². The Kier molecular flexibility index (Phi) is 0.976. The molecule has 4 heteroatoms. The fraction of sp³-hybridized carbons (Fsp3) is 0.600. The van der Waals surface area contributed by atoms with Gasteiger partial charge in [0.15, 0.2) is 6.54 Å². The predicted octanol–water partition coefficient (Wildman–Crippen LogP) is 0.0168. The van der Waals surface area contributed by atoms with Gasteiger partial charge in [0, 0.05) is 0 Å². The van der Waals surface area contributed by atoms with E-state index in [1.165, 1.54) is 7.05 Å². The summed E-state index contributed by atoms with van der Waals surface area (Å²) in [4.78, 5) is 10.3. The van der Waals surface area contributed by atoms with E-state index in [1.807, 2.05) is 6.07 Å². The van der Waals surface area contributed by atoms with Gasteiger partial charge in [0.1, 0.15) is 6.07 Å². The number of nitriles is 1. The second kappa shape index (κ2) is 1.45. The summed E-state index contributed by atoms with van der Waals surface area (Å²) in [5.74, 6) is 0. The Bertz CT molecular complexity index is 196. The van der Waals surface area contributed by atoms with Gasteiger partial charge in [-0.05, 0) is 0 Å². The largest absolute Gasteiger partial charge is 0.514 e. The first-order valence-corrected chi connectivity index (χ1v) is 2.59. The molecule has 2 unspecified atom stereocenters. The van der Waals surface area contributed by atoms with E-state index in [-0.39, 0.29) is 10.5 Å². The molecule has 1 N–H and O–H groups in total. The second-order valence-electron chi connectivity index (χ2n) is 2.38. The van der Waals surface area contributed by atoms with Crippen LogP contribution >= 0.6 is 0 Å². The maximum Gasteiger partial charge on any atom is 0.514 e. The van der Waals surface area contributed by atoms with Crippen molar-refractivity contribution in [2.75, 3.05) is 13.6 Å². The Hall–Kier alpha value is -1.08. The van der Waals surface area contributed by atoms with Crippen LogP contribution in [0.15, 0.2) is 0 Å². The van der Waals surface area contributed by atoms with Gasteiger partial charge in [0.05, 0.1) is 7.05 Å². The van der Waals surface area contributed by atoms with Crippen molar-refractivity contribution < 1.29 is 14.4 Å². The van der Waals surface area contributed by atoms with Crippen molar-refractivity contribution in [3.05, 3.63) is 0 Å². The lowest BCUT2D eigenvalue weighted by atomic mass is 10.5. The summed E-state index contributed by atoms with van der Waals surface area (Å²) < 4.78 is -0.128. The van der Waals surface area contributed by atoms with E-state index < -0.39 is 6.09 Å². The maximum absolute atomic E-state index is 10.3. The highest BCUT2D eigenvalue weighted by molar-refractivity contribution is 5.59. The molecule has 1 aliphatic heterocycles. The number of hydrogen-bond acceptors (Lipinski definition) is 2. The van der Waals surface area contributed by atoms with Gasteiger partial charge in [-0.25, -0.2) is 0 Å². The van der Waals surface area contributed by atoms with Crippen molar-refractivity contribution in [3.8, 4) is 6.07 Å². The average Bonchev–Trinajstić information content (AvgIpc) is 2.44. The lowest BCUT2D eigenvalue weighted by Crippen LogP contribution is -2.29. The summed E-state index contributed by atoms with van der Waals surface area (Å²) in [6, 6.07) is 1.59. The zero-order chi connectivity index (χ0) is 7.07. The first-order valence-electron chi connectivity index (χ1n) is 2.59. The molecule has 9 heavy (non-hydrogen) atoms. The molecule has 0 aromatic carbocycles. The average molecular weight is 127 g/mol. The highest BCUT2D eigenvalue weighted by atomic mass is 16.4. The van der Waals surface area contributed by atoms with Gasteiger partial charge in [-0.15, -0.1) is 0 Å². The number of quaternary nitrogens is 1. The molecule has 2 atom stereocenters. The van der Waals surface area contributed by atoms with Crippen LogP contribution in [0.3, 0.4) is 0 Å². The standard InChI is InChI=1S/C5H6N2O2/c1-7(5(8)9)3-4(7)2-6/h4H,3H2,1H3/p+1. The van der Waals surface area contributed by atoms with Gasteiger partial charge in [-0.2, -0.15) is 14.5 Å². The summed E-state index contributed by atoms with van der Waals surface area (Å²) in [5.41, 5.74) is 0. The third kappa shape index (κ3) is 0.661. The highest BCUT2D eigenvalue weighted by Gasteiger charge is 2.58. The van der Waals surface area contributed by atoms with Gasteiger partial charge in [0.25, 0.3) is 0 Å². The normalized spacial score (nSPS) is 39.3. The molecule has 0 saturated carbocycles.